The number of phenolic OH excluding ortho intramolecular Hbond substituents is 1. The number of nitrogens with zero attached hydrogens (tertiary/aromatic N) is 1. The van der Waals surface area contributed by atoms with Gasteiger partial charge in [-0.1, -0.05) is 30.3 Å². The SMILES string of the molecule is NC(CCl)=Nc1c(Br)cccc1-c1ccccc1O. The maximum atomic E-state index is 9.95. The van der Waals surface area contributed by atoms with Gasteiger partial charge in [-0.3, -0.25) is 0 Å². The summed E-state index contributed by atoms with van der Waals surface area (Å²) in [5.74, 6) is 0.674. The average Bonchev–Trinajstić information content (AvgIpc) is 2.41. The second-order valence-electron chi connectivity index (χ2n) is 3.89. The van der Waals surface area contributed by atoms with Crippen molar-refractivity contribution in [3.8, 4) is 16.9 Å². The van der Waals surface area contributed by atoms with E-state index in [0.29, 0.717) is 17.1 Å². The molecule has 0 atom stereocenters. The molecule has 0 amide bonds. The van der Waals surface area contributed by atoms with Gasteiger partial charge in [-0.25, -0.2) is 4.99 Å². The molecule has 0 radical (unpaired) electrons. The Balaban J connectivity index is 2.65. The van der Waals surface area contributed by atoms with Gasteiger partial charge in [-0.2, -0.15) is 0 Å². The fraction of sp³-hybridized carbons (Fsp3) is 0.0714. The van der Waals surface area contributed by atoms with Crippen LogP contribution in [0.5, 0.6) is 5.75 Å². The molecule has 0 spiro atoms. The van der Waals surface area contributed by atoms with Gasteiger partial charge in [0.05, 0.1) is 11.6 Å². The van der Waals surface area contributed by atoms with Gasteiger partial charge in [0.25, 0.3) is 0 Å². The highest BCUT2D eigenvalue weighted by Gasteiger charge is 2.11. The molecule has 0 unspecified atom stereocenters. The summed E-state index contributed by atoms with van der Waals surface area (Å²) in [7, 11) is 0. The average molecular weight is 340 g/mol. The molecule has 2 rings (SSSR count). The van der Waals surface area contributed by atoms with Crippen molar-refractivity contribution in [3.63, 3.8) is 0 Å². The first kappa shape index (κ1) is 13.9. The number of hydrogen-bond acceptors (Lipinski definition) is 2. The van der Waals surface area contributed by atoms with Crippen LogP contribution >= 0.6 is 27.5 Å². The van der Waals surface area contributed by atoms with Gasteiger partial charge < -0.3 is 10.8 Å². The molecular formula is C14H12BrClN2O. The third-order valence-electron chi connectivity index (χ3n) is 2.57. The van der Waals surface area contributed by atoms with Crippen LogP contribution in [0.4, 0.5) is 5.69 Å². The summed E-state index contributed by atoms with van der Waals surface area (Å²) in [6.07, 6.45) is 0. The monoisotopic (exact) mass is 338 g/mol. The van der Waals surface area contributed by atoms with Crippen LogP contribution in [0.2, 0.25) is 0 Å². The van der Waals surface area contributed by atoms with E-state index >= 15 is 0 Å². The van der Waals surface area contributed by atoms with Crippen LogP contribution in [-0.2, 0) is 0 Å². The third kappa shape index (κ3) is 3.08. The molecule has 19 heavy (non-hydrogen) atoms. The summed E-state index contributed by atoms with van der Waals surface area (Å²) >= 11 is 9.10. The highest BCUT2D eigenvalue weighted by atomic mass is 79.9. The third-order valence-corrected chi connectivity index (χ3v) is 3.49. The lowest BCUT2D eigenvalue weighted by molar-refractivity contribution is 0.477. The fourth-order valence-corrected chi connectivity index (χ4v) is 2.24. The second kappa shape index (κ2) is 6.08. The van der Waals surface area contributed by atoms with Crippen molar-refractivity contribution in [2.75, 3.05) is 5.88 Å². The Bertz CT molecular complexity index is 629. The van der Waals surface area contributed by atoms with E-state index in [-0.39, 0.29) is 11.6 Å². The Labute approximate surface area is 124 Å². The number of nitrogens with two attached hydrogens (primary N) is 1. The Morgan fingerprint density at radius 2 is 1.84 bits per heavy atom. The van der Waals surface area contributed by atoms with Crippen molar-refractivity contribution in [1.82, 2.24) is 0 Å². The van der Waals surface area contributed by atoms with E-state index in [0.717, 1.165) is 10.0 Å². The lowest BCUT2D eigenvalue weighted by Crippen LogP contribution is -2.12. The summed E-state index contributed by atoms with van der Waals surface area (Å²) in [5.41, 5.74) is 7.84. The Hall–Kier alpha value is -1.52. The topological polar surface area (TPSA) is 58.6 Å². The number of rotatable bonds is 3. The van der Waals surface area contributed by atoms with Gasteiger partial charge in [-0.15, -0.1) is 11.6 Å². The van der Waals surface area contributed by atoms with Crippen molar-refractivity contribution in [1.29, 1.82) is 0 Å². The number of aromatic hydroxyl groups is 1. The smallest absolute Gasteiger partial charge is 0.123 e. The minimum atomic E-state index is 0.154. The van der Waals surface area contributed by atoms with Gasteiger partial charge >= 0.3 is 0 Å². The van der Waals surface area contributed by atoms with Gasteiger partial charge in [0, 0.05) is 15.6 Å². The molecule has 0 fully saturated rings. The van der Waals surface area contributed by atoms with Gasteiger partial charge in [-0.05, 0) is 28.1 Å². The zero-order chi connectivity index (χ0) is 13.8. The molecule has 5 heteroatoms. The fourth-order valence-electron chi connectivity index (χ4n) is 1.72. The number of alkyl halides is 1. The van der Waals surface area contributed by atoms with E-state index < -0.39 is 0 Å². The van der Waals surface area contributed by atoms with Gasteiger partial charge in [0.1, 0.15) is 11.6 Å². The van der Waals surface area contributed by atoms with Crippen LogP contribution < -0.4 is 5.73 Å². The molecule has 0 saturated heterocycles. The zero-order valence-corrected chi connectivity index (χ0v) is 12.3. The lowest BCUT2D eigenvalue weighted by Gasteiger charge is -2.10. The molecule has 0 aromatic heterocycles. The quantitative estimate of drug-likeness (QED) is 0.503. The Morgan fingerprint density at radius 1 is 1.16 bits per heavy atom. The Kier molecular flexibility index (Phi) is 4.45. The second-order valence-corrected chi connectivity index (χ2v) is 5.01. The number of halogens is 2. The maximum absolute atomic E-state index is 9.95. The van der Waals surface area contributed by atoms with Crippen molar-refractivity contribution in [2.24, 2.45) is 10.7 Å². The van der Waals surface area contributed by atoms with Crippen molar-refractivity contribution in [2.45, 2.75) is 0 Å². The standard InChI is InChI=1S/C14H12BrClN2O/c15-11-6-3-5-10(14(11)18-13(17)8-16)9-4-1-2-7-12(9)19/h1-7,19H,8H2,(H2,17,18). The summed E-state index contributed by atoms with van der Waals surface area (Å²) in [6.45, 7) is 0. The molecule has 3 N–H and O–H groups in total. The maximum Gasteiger partial charge on any atom is 0.123 e. The molecule has 0 aliphatic rings. The molecule has 0 saturated carbocycles. The van der Waals surface area contributed by atoms with Crippen molar-refractivity contribution < 1.29 is 5.11 Å². The van der Waals surface area contributed by atoms with Crippen molar-refractivity contribution >= 4 is 39.1 Å². The molecule has 0 aliphatic carbocycles. The number of hydrogen-bond donors (Lipinski definition) is 2. The van der Waals surface area contributed by atoms with Crippen LogP contribution in [0, 0.1) is 0 Å². The number of phenols is 1. The number of benzene rings is 2. The first-order valence-electron chi connectivity index (χ1n) is 5.59. The normalized spacial score (nSPS) is 11.6. The molecule has 98 valence electrons. The Morgan fingerprint density at radius 3 is 2.53 bits per heavy atom. The minimum absolute atomic E-state index is 0.154. The predicted molar refractivity (Wildman–Crippen MR) is 83.2 cm³/mol. The highest BCUT2D eigenvalue weighted by Crippen LogP contribution is 2.40. The summed E-state index contributed by atoms with van der Waals surface area (Å²) in [5, 5.41) is 9.95. The molecule has 0 aliphatic heterocycles. The molecule has 2 aromatic rings. The first-order valence-corrected chi connectivity index (χ1v) is 6.92. The van der Waals surface area contributed by atoms with Crippen LogP contribution in [0.1, 0.15) is 0 Å². The van der Waals surface area contributed by atoms with E-state index in [1.54, 1.807) is 12.1 Å². The molecule has 0 bridgehead atoms. The van der Waals surface area contributed by atoms with E-state index in [1.165, 1.54) is 0 Å². The molecular weight excluding hydrogens is 328 g/mol. The van der Waals surface area contributed by atoms with E-state index in [9.17, 15) is 5.11 Å². The van der Waals surface area contributed by atoms with E-state index in [2.05, 4.69) is 20.9 Å². The molecule has 0 heterocycles. The summed E-state index contributed by atoms with van der Waals surface area (Å²) in [6, 6.07) is 12.7. The number of aliphatic imine (C=N–C) groups is 1. The van der Waals surface area contributed by atoms with Gasteiger partial charge in [0.15, 0.2) is 0 Å². The summed E-state index contributed by atoms with van der Waals surface area (Å²) < 4.78 is 0.793. The van der Waals surface area contributed by atoms with Crippen LogP contribution in [0.25, 0.3) is 11.1 Å². The first-order chi connectivity index (χ1) is 9.13. The molecule has 3 nitrogen and oxygen atoms in total. The summed E-state index contributed by atoms with van der Waals surface area (Å²) in [4.78, 5) is 4.30. The van der Waals surface area contributed by atoms with Crippen LogP contribution in [-0.4, -0.2) is 16.8 Å². The van der Waals surface area contributed by atoms with E-state index in [1.807, 2.05) is 30.3 Å². The number of para-hydroxylation sites is 2. The zero-order valence-electron chi connectivity index (χ0n) is 9.98. The largest absolute Gasteiger partial charge is 0.507 e. The van der Waals surface area contributed by atoms with Crippen LogP contribution in [0.3, 0.4) is 0 Å². The minimum Gasteiger partial charge on any atom is -0.507 e. The van der Waals surface area contributed by atoms with Crippen molar-refractivity contribution in [3.05, 3.63) is 46.9 Å². The predicted octanol–water partition coefficient (Wildman–Crippen LogP) is 4.05. The highest BCUT2D eigenvalue weighted by molar-refractivity contribution is 9.10. The van der Waals surface area contributed by atoms with Gasteiger partial charge in [0.2, 0.25) is 0 Å². The lowest BCUT2D eigenvalue weighted by atomic mass is 10.0. The number of amidine groups is 1. The van der Waals surface area contributed by atoms with Crippen LogP contribution in [0.15, 0.2) is 51.9 Å². The van der Waals surface area contributed by atoms with E-state index in [4.69, 9.17) is 17.3 Å². The molecule has 2 aromatic carbocycles.